The van der Waals surface area contributed by atoms with E-state index < -0.39 is 51.8 Å². The molecular weight excluding hydrogens is 452 g/mol. The topological polar surface area (TPSA) is 124 Å². The number of nitrogens with zero attached hydrogens (tertiary/aromatic N) is 2. The molecule has 2 fully saturated rings. The standard InChI is InChI=1S/C26H16N2O7/c29-22-17-8-4-5-9-18(17)23(30)26(22)20-19(21(35-26)14-6-2-1-3-7-14)24(31)27(25(20)32)15-10-12-16(13-11-15)28(33)34/h1-13,19-21H/t19-,20+,21+/m1/s1. The van der Waals surface area contributed by atoms with Gasteiger partial charge in [0.05, 0.1) is 28.6 Å². The Morgan fingerprint density at radius 3 is 1.91 bits per heavy atom. The van der Waals surface area contributed by atoms with Crippen LogP contribution in [0.15, 0.2) is 78.9 Å². The normalized spacial score (nSPS) is 24.2. The van der Waals surface area contributed by atoms with Gasteiger partial charge in [-0.05, 0) is 17.7 Å². The van der Waals surface area contributed by atoms with E-state index in [1.54, 1.807) is 42.5 Å². The van der Waals surface area contributed by atoms with Gasteiger partial charge in [-0.25, -0.2) is 4.90 Å². The van der Waals surface area contributed by atoms with E-state index in [1.165, 1.54) is 36.4 Å². The fourth-order valence-electron chi connectivity index (χ4n) is 5.44. The summed E-state index contributed by atoms with van der Waals surface area (Å²) in [5, 5.41) is 11.0. The summed E-state index contributed by atoms with van der Waals surface area (Å²) in [5.74, 6) is -5.15. The average molecular weight is 468 g/mol. The minimum absolute atomic E-state index is 0.123. The Kier molecular flexibility index (Phi) is 4.36. The molecule has 3 aromatic carbocycles. The molecule has 0 bridgehead atoms. The molecule has 1 spiro atoms. The fourth-order valence-corrected chi connectivity index (χ4v) is 5.44. The number of ether oxygens (including phenoxy) is 1. The molecule has 0 unspecified atom stereocenters. The van der Waals surface area contributed by atoms with Crippen LogP contribution in [0.2, 0.25) is 0 Å². The lowest BCUT2D eigenvalue weighted by atomic mass is 9.77. The van der Waals surface area contributed by atoms with Crippen LogP contribution >= 0.6 is 0 Å². The van der Waals surface area contributed by atoms with Crippen LogP contribution in [0.25, 0.3) is 0 Å². The first-order valence-corrected chi connectivity index (χ1v) is 10.9. The summed E-state index contributed by atoms with van der Waals surface area (Å²) < 4.78 is 6.19. The number of imide groups is 1. The molecule has 2 aliphatic heterocycles. The van der Waals surface area contributed by atoms with E-state index in [0.717, 1.165) is 4.90 Å². The lowest BCUT2D eigenvalue weighted by Gasteiger charge is -2.27. The van der Waals surface area contributed by atoms with Crippen molar-refractivity contribution in [1.29, 1.82) is 0 Å². The van der Waals surface area contributed by atoms with E-state index in [9.17, 15) is 29.3 Å². The maximum Gasteiger partial charge on any atom is 0.269 e. The monoisotopic (exact) mass is 468 g/mol. The molecule has 3 aliphatic rings. The summed E-state index contributed by atoms with van der Waals surface area (Å²) in [6, 6.07) is 19.9. The molecule has 2 heterocycles. The van der Waals surface area contributed by atoms with Crippen molar-refractivity contribution in [2.45, 2.75) is 11.7 Å². The third kappa shape index (κ3) is 2.66. The smallest absolute Gasteiger partial charge is 0.269 e. The maximum atomic E-state index is 13.8. The summed E-state index contributed by atoms with van der Waals surface area (Å²) in [4.78, 5) is 66.2. The van der Waals surface area contributed by atoms with Gasteiger partial charge in [-0.1, -0.05) is 54.6 Å². The van der Waals surface area contributed by atoms with Gasteiger partial charge in [0.15, 0.2) is 0 Å². The van der Waals surface area contributed by atoms with Gasteiger partial charge >= 0.3 is 0 Å². The molecule has 0 N–H and O–H groups in total. The lowest BCUT2D eigenvalue weighted by molar-refractivity contribution is -0.384. The molecule has 0 saturated carbocycles. The third-order valence-corrected chi connectivity index (χ3v) is 6.97. The summed E-state index contributed by atoms with van der Waals surface area (Å²) in [6.45, 7) is 0. The maximum absolute atomic E-state index is 13.8. The highest BCUT2D eigenvalue weighted by atomic mass is 16.6. The zero-order valence-corrected chi connectivity index (χ0v) is 18.0. The zero-order valence-electron chi connectivity index (χ0n) is 18.0. The van der Waals surface area contributed by atoms with E-state index in [2.05, 4.69) is 0 Å². The first-order valence-electron chi connectivity index (χ1n) is 10.9. The zero-order chi connectivity index (χ0) is 24.5. The van der Waals surface area contributed by atoms with E-state index in [4.69, 9.17) is 4.74 Å². The Balaban J connectivity index is 1.51. The van der Waals surface area contributed by atoms with E-state index in [0.29, 0.717) is 5.56 Å². The first-order chi connectivity index (χ1) is 16.9. The number of carbonyl (C=O) groups is 4. The molecule has 2 amide bonds. The van der Waals surface area contributed by atoms with Gasteiger partial charge in [0, 0.05) is 23.3 Å². The van der Waals surface area contributed by atoms with E-state index >= 15 is 0 Å². The van der Waals surface area contributed by atoms with Crippen LogP contribution in [0.1, 0.15) is 32.4 Å². The number of carbonyl (C=O) groups excluding carboxylic acids is 4. The van der Waals surface area contributed by atoms with Gasteiger partial charge < -0.3 is 4.74 Å². The molecule has 0 radical (unpaired) electrons. The van der Waals surface area contributed by atoms with Crippen molar-refractivity contribution < 1.29 is 28.8 Å². The Hall–Kier alpha value is -4.50. The van der Waals surface area contributed by atoms with Crippen LogP contribution in [-0.2, 0) is 14.3 Å². The van der Waals surface area contributed by atoms with Crippen molar-refractivity contribution >= 4 is 34.8 Å². The van der Waals surface area contributed by atoms with Crippen molar-refractivity contribution in [3.8, 4) is 0 Å². The molecule has 0 aromatic heterocycles. The predicted octanol–water partition coefficient (Wildman–Crippen LogP) is 3.29. The number of nitro benzene ring substituents is 1. The Labute approximate surface area is 198 Å². The summed E-state index contributed by atoms with van der Waals surface area (Å²) >= 11 is 0. The molecule has 1 aliphatic carbocycles. The van der Waals surface area contributed by atoms with Crippen LogP contribution in [0.5, 0.6) is 0 Å². The number of rotatable bonds is 3. The molecule has 35 heavy (non-hydrogen) atoms. The second-order valence-electron chi connectivity index (χ2n) is 8.68. The number of ketones is 2. The molecule has 9 heteroatoms. The molecule has 3 aromatic rings. The highest BCUT2D eigenvalue weighted by Gasteiger charge is 2.74. The van der Waals surface area contributed by atoms with Crippen LogP contribution in [-0.4, -0.2) is 33.9 Å². The SMILES string of the molecule is O=C1[C@@H]2[C@@H](C(=O)N1c1ccc([N+](=O)[O-])cc1)C1(O[C@H]2c2ccccc2)C(=O)c2ccccc2C1=O. The van der Waals surface area contributed by atoms with E-state index in [-0.39, 0.29) is 22.5 Å². The largest absolute Gasteiger partial charge is 0.349 e. The quantitative estimate of drug-likeness (QED) is 0.250. The second-order valence-corrected chi connectivity index (χ2v) is 8.68. The van der Waals surface area contributed by atoms with Crippen molar-refractivity contribution in [2.75, 3.05) is 4.90 Å². The first kappa shape index (κ1) is 21.1. The van der Waals surface area contributed by atoms with Gasteiger partial charge in [-0.3, -0.25) is 29.3 Å². The van der Waals surface area contributed by atoms with Gasteiger partial charge in [-0.15, -0.1) is 0 Å². The summed E-state index contributed by atoms with van der Waals surface area (Å²) in [6.07, 6.45) is -1.01. The highest BCUT2D eigenvalue weighted by Crippen LogP contribution is 2.57. The molecular formula is C26H16N2O7. The van der Waals surface area contributed by atoms with Crippen molar-refractivity contribution in [2.24, 2.45) is 11.8 Å². The number of Topliss-reactive ketones (excluding diaryl/α,β-unsaturated/α-hetero) is 2. The Morgan fingerprint density at radius 1 is 0.771 bits per heavy atom. The average Bonchev–Trinajstić information content (AvgIpc) is 3.44. The molecule has 172 valence electrons. The predicted molar refractivity (Wildman–Crippen MR) is 121 cm³/mol. The van der Waals surface area contributed by atoms with E-state index in [1.807, 2.05) is 0 Å². The van der Waals surface area contributed by atoms with Gasteiger partial charge in [0.25, 0.3) is 5.69 Å². The highest BCUT2D eigenvalue weighted by molar-refractivity contribution is 6.37. The van der Waals surface area contributed by atoms with Crippen molar-refractivity contribution in [3.05, 3.63) is 106 Å². The number of non-ortho nitro benzene ring substituents is 1. The van der Waals surface area contributed by atoms with Crippen LogP contribution in [0.3, 0.4) is 0 Å². The summed E-state index contributed by atoms with van der Waals surface area (Å²) in [7, 11) is 0. The van der Waals surface area contributed by atoms with Gasteiger partial charge in [0.2, 0.25) is 29.0 Å². The summed E-state index contributed by atoms with van der Waals surface area (Å²) in [5.41, 5.74) is -1.37. The Bertz CT molecular complexity index is 1410. The third-order valence-electron chi connectivity index (χ3n) is 6.97. The van der Waals surface area contributed by atoms with Crippen molar-refractivity contribution in [1.82, 2.24) is 0 Å². The number of nitro groups is 1. The minimum atomic E-state index is -2.16. The van der Waals surface area contributed by atoms with Gasteiger partial charge in [-0.2, -0.15) is 0 Å². The molecule has 6 rings (SSSR count). The van der Waals surface area contributed by atoms with Crippen LogP contribution < -0.4 is 4.90 Å². The molecule has 9 nitrogen and oxygen atoms in total. The number of amides is 2. The van der Waals surface area contributed by atoms with Gasteiger partial charge in [0.1, 0.15) is 0 Å². The lowest BCUT2D eigenvalue weighted by Crippen LogP contribution is -2.51. The Morgan fingerprint density at radius 2 is 1.34 bits per heavy atom. The molecule has 2 saturated heterocycles. The number of anilines is 1. The second kappa shape index (κ2) is 7.25. The van der Waals surface area contributed by atoms with Crippen LogP contribution in [0, 0.1) is 22.0 Å². The van der Waals surface area contributed by atoms with Crippen molar-refractivity contribution in [3.63, 3.8) is 0 Å². The number of fused-ring (bicyclic) bond motifs is 3. The molecule has 3 atom stereocenters. The fraction of sp³-hybridized carbons (Fsp3) is 0.154. The van der Waals surface area contributed by atoms with Crippen LogP contribution in [0.4, 0.5) is 11.4 Å². The minimum Gasteiger partial charge on any atom is -0.349 e. The number of hydrogen-bond donors (Lipinski definition) is 0. The number of benzene rings is 3. The number of hydrogen-bond acceptors (Lipinski definition) is 7.